The van der Waals surface area contributed by atoms with E-state index in [1.807, 2.05) is 6.07 Å². The smallest absolute Gasteiger partial charge is 0.154 e. The maximum absolute atomic E-state index is 10.5. The molecule has 64 heavy (non-hydrogen) atoms. The minimum atomic E-state index is 0.448. The number of nitrogens with zero attached hydrogens (tertiary/aromatic N) is 3. The molecule has 0 N–H and O–H groups in total. The number of para-hydroxylation sites is 4. The molecule has 0 atom stereocenters. The Balaban J connectivity index is 1.10. The lowest BCUT2D eigenvalue weighted by atomic mass is 9.98. The standard InChI is InChI=1S/C59H47N3O2/c1-33-13-9-14-34(2)55(33)61(56-35(3)15-10-16-36(56)4)46-23-21-41-27-48-50(29-43(41)25-46)63-52-31-45(32-60)59-54(53(48)52)49-28-42-22-24-47(26-44(42)30-51(49)64-59)62(57-37(5)17-11-18-38(57)6)58-39(7)19-12-20-40(58)8/h9-31H,1-8H3. The Hall–Kier alpha value is -7.81. The highest BCUT2D eigenvalue weighted by atomic mass is 16.3. The molecule has 9 aromatic carbocycles. The zero-order valence-corrected chi connectivity index (χ0v) is 37.4. The first-order valence-electron chi connectivity index (χ1n) is 22.0. The van der Waals surface area contributed by atoms with Crippen LogP contribution in [0.5, 0.6) is 0 Å². The van der Waals surface area contributed by atoms with Crippen molar-refractivity contribution in [2.45, 2.75) is 55.4 Å². The first-order chi connectivity index (χ1) is 31.0. The zero-order valence-electron chi connectivity index (χ0n) is 37.4. The number of rotatable bonds is 6. The fraction of sp³-hybridized carbons (Fsp3) is 0.136. The van der Waals surface area contributed by atoms with Crippen molar-refractivity contribution in [3.05, 3.63) is 190 Å². The van der Waals surface area contributed by atoms with Gasteiger partial charge in [-0.1, -0.05) is 84.9 Å². The zero-order chi connectivity index (χ0) is 44.1. The summed E-state index contributed by atoms with van der Waals surface area (Å²) < 4.78 is 13.4. The fourth-order valence-corrected chi connectivity index (χ4v) is 10.4. The third kappa shape index (κ3) is 5.97. The summed E-state index contributed by atoms with van der Waals surface area (Å²) in [6, 6.07) is 52.4. The van der Waals surface area contributed by atoms with E-state index in [2.05, 4.69) is 205 Å². The molecule has 5 nitrogen and oxygen atoms in total. The Morgan fingerprint density at radius 3 is 1.14 bits per heavy atom. The molecule has 310 valence electrons. The van der Waals surface area contributed by atoms with Crippen LogP contribution in [0.25, 0.3) is 65.4 Å². The summed E-state index contributed by atoms with van der Waals surface area (Å²) in [5, 5.41) is 18.6. The topological polar surface area (TPSA) is 56.6 Å². The van der Waals surface area contributed by atoms with Crippen molar-refractivity contribution in [2.24, 2.45) is 0 Å². The van der Waals surface area contributed by atoms with Crippen LogP contribution < -0.4 is 9.80 Å². The van der Waals surface area contributed by atoms with Gasteiger partial charge in [-0.05, 0) is 170 Å². The Labute approximate surface area is 373 Å². The summed E-state index contributed by atoms with van der Waals surface area (Å²) in [5.41, 5.74) is 19.7. The van der Waals surface area contributed by atoms with Crippen molar-refractivity contribution in [1.82, 2.24) is 0 Å². The first-order valence-corrected chi connectivity index (χ1v) is 22.0. The monoisotopic (exact) mass is 829 g/mol. The lowest BCUT2D eigenvalue weighted by molar-refractivity contribution is 0.662. The van der Waals surface area contributed by atoms with E-state index in [0.29, 0.717) is 16.7 Å². The van der Waals surface area contributed by atoms with Crippen LogP contribution >= 0.6 is 0 Å². The molecule has 0 aliphatic rings. The van der Waals surface area contributed by atoms with Gasteiger partial charge in [0.05, 0.1) is 28.3 Å². The molecule has 2 heterocycles. The normalized spacial score (nSPS) is 11.7. The van der Waals surface area contributed by atoms with Crippen molar-refractivity contribution in [1.29, 1.82) is 5.26 Å². The van der Waals surface area contributed by atoms with E-state index in [-0.39, 0.29) is 0 Å². The van der Waals surface area contributed by atoms with Crippen molar-refractivity contribution in [3.63, 3.8) is 0 Å². The van der Waals surface area contributed by atoms with E-state index in [9.17, 15) is 5.26 Å². The van der Waals surface area contributed by atoms with Crippen LogP contribution in [0.4, 0.5) is 34.1 Å². The minimum absolute atomic E-state index is 0.448. The number of anilines is 6. The summed E-state index contributed by atoms with van der Waals surface area (Å²) in [6.45, 7) is 17.5. The number of hydrogen-bond acceptors (Lipinski definition) is 5. The maximum atomic E-state index is 10.5. The molecule has 5 heteroatoms. The second-order valence-electron chi connectivity index (χ2n) is 17.7. The van der Waals surface area contributed by atoms with Gasteiger partial charge < -0.3 is 18.6 Å². The van der Waals surface area contributed by atoms with Crippen LogP contribution in [0.1, 0.15) is 50.1 Å². The second kappa shape index (κ2) is 14.6. The third-order valence-electron chi connectivity index (χ3n) is 13.3. The molecule has 0 spiro atoms. The van der Waals surface area contributed by atoms with E-state index >= 15 is 0 Å². The quantitative estimate of drug-likeness (QED) is 0.167. The summed E-state index contributed by atoms with van der Waals surface area (Å²) in [4.78, 5) is 4.82. The van der Waals surface area contributed by atoms with Gasteiger partial charge in [-0.3, -0.25) is 0 Å². The van der Waals surface area contributed by atoms with Crippen LogP contribution in [0.3, 0.4) is 0 Å². The Morgan fingerprint density at radius 2 is 0.750 bits per heavy atom. The Kier molecular flexibility index (Phi) is 8.94. The lowest BCUT2D eigenvalue weighted by Crippen LogP contribution is -2.15. The number of hydrogen-bond donors (Lipinski definition) is 0. The second-order valence-corrected chi connectivity index (χ2v) is 17.7. The van der Waals surface area contributed by atoms with Gasteiger partial charge >= 0.3 is 0 Å². The molecule has 0 bridgehead atoms. The highest BCUT2D eigenvalue weighted by Gasteiger charge is 2.25. The molecule has 0 saturated carbocycles. The highest BCUT2D eigenvalue weighted by Crippen LogP contribution is 2.47. The molecule has 0 amide bonds. The Morgan fingerprint density at radius 1 is 0.375 bits per heavy atom. The molecule has 0 radical (unpaired) electrons. The molecule has 0 saturated heterocycles. The summed E-state index contributed by atoms with van der Waals surface area (Å²) in [6.07, 6.45) is 0. The van der Waals surface area contributed by atoms with Gasteiger partial charge in [0.15, 0.2) is 5.58 Å². The summed E-state index contributed by atoms with van der Waals surface area (Å²) in [7, 11) is 0. The average Bonchev–Trinajstić information content (AvgIpc) is 3.82. The molecule has 0 fully saturated rings. The van der Waals surface area contributed by atoms with Gasteiger partial charge in [0.2, 0.25) is 0 Å². The van der Waals surface area contributed by atoms with Gasteiger partial charge in [0.1, 0.15) is 22.8 Å². The summed E-state index contributed by atoms with van der Waals surface area (Å²) >= 11 is 0. The number of aryl methyl sites for hydroxylation is 8. The van der Waals surface area contributed by atoms with Gasteiger partial charge in [-0.15, -0.1) is 0 Å². The summed E-state index contributed by atoms with van der Waals surface area (Å²) in [5.74, 6) is 0. The largest absolute Gasteiger partial charge is 0.456 e. The van der Waals surface area contributed by atoms with Gasteiger partial charge in [-0.2, -0.15) is 5.26 Å². The predicted molar refractivity (Wildman–Crippen MR) is 268 cm³/mol. The highest BCUT2D eigenvalue weighted by molar-refractivity contribution is 6.28. The number of furan rings is 2. The molecule has 2 aromatic heterocycles. The van der Waals surface area contributed by atoms with Crippen LogP contribution in [0.2, 0.25) is 0 Å². The maximum Gasteiger partial charge on any atom is 0.154 e. The van der Waals surface area contributed by atoms with Crippen LogP contribution in [-0.4, -0.2) is 0 Å². The number of benzene rings is 9. The Bertz CT molecular complexity index is 3620. The first kappa shape index (κ1) is 39.1. The molecular weight excluding hydrogens is 783 g/mol. The fourth-order valence-electron chi connectivity index (χ4n) is 10.4. The van der Waals surface area contributed by atoms with Crippen LogP contribution in [0.15, 0.2) is 148 Å². The lowest BCUT2D eigenvalue weighted by Gasteiger charge is -2.31. The SMILES string of the molecule is Cc1cccc(C)c1N(c1ccc2cc3c(cc2c1)oc1cc(C#N)c2oc4cc5cc(N(c6c(C)cccc6C)c6c(C)cccc6C)ccc5cc4c2c13)c1c(C)cccc1C. The van der Waals surface area contributed by atoms with Crippen molar-refractivity contribution < 1.29 is 8.83 Å². The van der Waals surface area contributed by atoms with Crippen LogP contribution in [-0.2, 0) is 0 Å². The average molecular weight is 830 g/mol. The molecule has 0 unspecified atom stereocenters. The number of fused-ring (bicyclic) bond motifs is 9. The van der Waals surface area contributed by atoms with Crippen molar-refractivity contribution >= 4 is 99.5 Å². The van der Waals surface area contributed by atoms with E-state index in [0.717, 1.165) is 65.6 Å². The van der Waals surface area contributed by atoms with Crippen molar-refractivity contribution in [3.8, 4) is 6.07 Å². The van der Waals surface area contributed by atoms with Crippen LogP contribution in [0, 0.1) is 66.7 Å². The number of nitriles is 1. The van der Waals surface area contributed by atoms with Gasteiger partial charge in [0, 0.05) is 39.0 Å². The molecule has 11 rings (SSSR count). The van der Waals surface area contributed by atoms with E-state index in [1.165, 1.54) is 67.3 Å². The predicted octanol–water partition coefficient (Wildman–Crippen LogP) is 17.1. The van der Waals surface area contributed by atoms with E-state index in [4.69, 9.17) is 8.83 Å². The third-order valence-corrected chi connectivity index (χ3v) is 13.3. The molecule has 0 aliphatic carbocycles. The minimum Gasteiger partial charge on any atom is -0.456 e. The van der Waals surface area contributed by atoms with Gasteiger partial charge in [0.25, 0.3) is 0 Å². The van der Waals surface area contributed by atoms with Crippen molar-refractivity contribution in [2.75, 3.05) is 9.80 Å². The van der Waals surface area contributed by atoms with E-state index < -0.39 is 0 Å². The molecular formula is C59H47N3O2. The molecule has 11 aromatic rings. The van der Waals surface area contributed by atoms with Gasteiger partial charge in [-0.25, -0.2) is 0 Å². The van der Waals surface area contributed by atoms with E-state index in [1.54, 1.807) is 0 Å². The molecule has 0 aliphatic heterocycles.